The Balaban J connectivity index is 1.70. The Hall–Kier alpha value is -0.890. The van der Waals surface area contributed by atoms with E-state index in [1.54, 1.807) is 7.11 Å². The monoisotopic (exact) mass is 360 g/mol. The van der Waals surface area contributed by atoms with Crippen LogP contribution in [0.1, 0.15) is 58.8 Å². The van der Waals surface area contributed by atoms with Crippen LogP contribution in [0.3, 0.4) is 0 Å². The van der Waals surface area contributed by atoms with E-state index in [1.165, 1.54) is 0 Å². The highest BCUT2D eigenvalue weighted by Gasteiger charge is 2.69. The molecule has 4 heteroatoms. The molecule has 0 spiro atoms. The van der Waals surface area contributed by atoms with E-state index < -0.39 is 17.1 Å². The second kappa shape index (κ2) is 5.80. The van der Waals surface area contributed by atoms with Crippen molar-refractivity contribution in [2.24, 2.45) is 34.5 Å². The lowest BCUT2D eigenvalue weighted by molar-refractivity contribution is -0.185. The van der Waals surface area contributed by atoms with Crippen molar-refractivity contribution in [3.8, 4) is 12.3 Å². The number of rotatable bonds is 1. The van der Waals surface area contributed by atoms with Crippen LogP contribution in [-0.2, 0) is 9.53 Å². The molecule has 0 aromatic heterocycles. The fraction of sp³-hybridized carbons (Fsp3) is 0.864. The van der Waals surface area contributed by atoms with Crippen molar-refractivity contribution in [1.29, 1.82) is 0 Å². The van der Waals surface area contributed by atoms with Crippen LogP contribution in [0.2, 0.25) is 0 Å². The van der Waals surface area contributed by atoms with Gasteiger partial charge in [-0.15, -0.1) is 6.42 Å². The summed E-state index contributed by atoms with van der Waals surface area (Å²) in [7, 11) is 1.78. The zero-order valence-electron chi connectivity index (χ0n) is 16.2. The van der Waals surface area contributed by atoms with Crippen molar-refractivity contribution in [3.63, 3.8) is 0 Å². The topological polar surface area (TPSA) is 66.8 Å². The fourth-order valence-electron chi connectivity index (χ4n) is 7.46. The highest BCUT2D eigenvalue weighted by molar-refractivity contribution is 5.94. The molecule has 0 aromatic rings. The van der Waals surface area contributed by atoms with Gasteiger partial charge in [-0.3, -0.25) is 4.79 Å². The molecule has 4 aliphatic carbocycles. The van der Waals surface area contributed by atoms with Crippen LogP contribution in [0.25, 0.3) is 0 Å². The van der Waals surface area contributed by atoms with Gasteiger partial charge in [0.25, 0.3) is 0 Å². The lowest BCUT2D eigenvalue weighted by Crippen LogP contribution is -2.60. The first-order valence-electron chi connectivity index (χ1n) is 10.2. The molecule has 3 unspecified atom stereocenters. The van der Waals surface area contributed by atoms with Gasteiger partial charge in [-0.25, -0.2) is 0 Å². The van der Waals surface area contributed by atoms with Gasteiger partial charge in [-0.05, 0) is 67.6 Å². The van der Waals surface area contributed by atoms with E-state index in [-0.39, 0.29) is 23.0 Å². The predicted octanol–water partition coefficient (Wildman–Crippen LogP) is 2.56. The molecule has 4 rings (SSSR count). The quantitative estimate of drug-likeness (QED) is 0.705. The number of ketones is 1. The van der Waals surface area contributed by atoms with Crippen molar-refractivity contribution < 1.29 is 19.7 Å². The third-order valence-corrected chi connectivity index (χ3v) is 9.20. The maximum absolute atomic E-state index is 12.6. The van der Waals surface area contributed by atoms with Crippen LogP contribution >= 0.6 is 0 Å². The first kappa shape index (κ1) is 18.5. The summed E-state index contributed by atoms with van der Waals surface area (Å²) in [6.07, 6.45) is 11.4. The number of carbonyl (C=O) groups is 1. The summed E-state index contributed by atoms with van der Waals surface area (Å²) in [6, 6.07) is 0. The Labute approximate surface area is 156 Å². The molecule has 4 aliphatic rings. The van der Waals surface area contributed by atoms with Gasteiger partial charge in [0.05, 0.1) is 12.2 Å². The van der Waals surface area contributed by atoms with E-state index in [1.807, 2.05) is 6.92 Å². The standard InChI is InChI=1S/C22H32O4/c1-5-22(25)18(24)12-16-19-15(7-9-21(16,22)3)20(2)8-6-14(26-4)10-13(20)11-17(19)23/h1,13-17,19,23,25H,6-12H2,2-4H3/t13-,14-,15?,16?,17-,19?,20-,21-,22-/m0/s1. The molecule has 0 amide bonds. The third kappa shape index (κ3) is 2.11. The van der Waals surface area contributed by atoms with Crippen LogP contribution in [0, 0.1) is 46.8 Å². The fourth-order valence-corrected chi connectivity index (χ4v) is 7.46. The first-order valence-corrected chi connectivity index (χ1v) is 10.2. The molecule has 0 radical (unpaired) electrons. The molecule has 0 saturated heterocycles. The number of aliphatic hydroxyl groups is 2. The molecule has 9 atom stereocenters. The molecule has 144 valence electrons. The molecule has 2 N–H and O–H groups in total. The van der Waals surface area contributed by atoms with Crippen molar-refractivity contribution >= 4 is 5.78 Å². The number of Topliss-reactive ketones (excluding diaryl/α,β-unsaturated/α-hetero) is 1. The molecule has 4 fully saturated rings. The number of hydrogen-bond donors (Lipinski definition) is 2. The lowest BCUT2D eigenvalue weighted by Gasteiger charge is -2.62. The van der Waals surface area contributed by atoms with E-state index in [9.17, 15) is 15.0 Å². The molecule has 4 saturated carbocycles. The molecular weight excluding hydrogens is 328 g/mol. The number of hydrogen-bond acceptors (Lipinski definition) is 4. The summed E-state index contributed by atoms with van der Waals surface area (Å²) in [5, 5.41) is 22.1. The largest absolute Gasteiger partial charge is 0.393 e. The SMILES string of the molecule is C#C[C@]1(O)C(=O)CC2C3C(CC[C@@]21C)[C@@]1(C)CC[C@H](OC)C[C@H]1C[C@@H]3O. The zero-order valence-corrected chi connectivity index (χ0v) is 16.2. The molecule has 0 heterocycles. The van der Waals surface area contributed by atoms with E-state index in [0.717, 1.165) is 38.5 Å². The number of fused-ring (bicyclic) bond motifs is 5. The van der Waals surface area contributed by atoms with Crippen LogP contribution in [0.4, 0.5) is 0 Å². The van der Waals surface area contributed by atoms with Crippen molar-refractivity contribution in [1.82, 2.24) is 0 Å². The number of terminal acetylenes is 1. The van der Waals surface area contributed by atoms with Crippen molar-refractivity contribution in [2.45, 2.75) is 76.6 Å². The van der Waals surface area contributed by atoms with Gasteiger partial charge >= 0.3 is 0 Å². The summed E-state index contributed by atoms with van der Waals surface area (Å²) in [5.41, 5.74) is -2.11. The average Bonchev–Trinajstić information content (AvgIpc) is 2.83. The summed E-state index contributed by atoms with van der Waals surface area (Å²) in [5.74, 6) is 3.08. The Morgan fingerprint density at radius 1 is 1.19 bits per heavy atom. The van der Waals surface area contributed by atoms with E-state index in [4.69, 9.17) is 11.2 Å². The van der Waals surface area contributed by atoms with E-state index in [2.05, 4.69) is 12.8 Å². The minimum absolute atomic E-state index is 0.0253. The normalized spacial score (nSPS) is 56.2. The van der Waals surface area contributed by atoms with Crippen LogP contribution in [0.15, 0.2) is 0 Å². The van der Waals surface area contributed by atoms with E-state index >= 15 is 0 Å². The number of methoxy groups -OCH3 is 1. The summed E-state index contributed by atoms with van der Waals surface area (Å²) in [4.78, 5) is 12.6. The molecule has 0 aliphatic heterocycles. The average molecular weight is 360 g/mol. The van der Waals surface area contributed by atoms with Crippen LogP contribution in [-0.4, -0.2) is 40.9 Å². The van der Waals surface area contributed by atoms with Gasteiger partial charge < -0.3 is 14.9 Å². The minimum atomic E-state index is -1.67. The first-order chi connectivity index (χ1) is 12.2. The summed E-state index contributed by atoms with van der Waals surface area (Å²) < 4.78 is 5.62. The second-order valence-corrected chi connectivity index (χ2v) is 9.87. The van der Waals surface area contributed by atoms with Gasteiger partial charge in [0.2, 0.25) is 0 Å². The van der Waals surface area contributed by atoms with Gasteiger partial charge in [0.15, 0.2) is 11.4 Å². The Morgan fingerprint density at radius 3 is 2.58 bits per heavy atom. The Morgan fingerprint density at radius 2 is 1.92 bits per heavy atom. The Bertz CT molecular complexity index is 653. The Kier molecular flexibility index (Phi) is 4.12. The second-order valence-electron chi connectivity index (χ2n) is 9.87. The minimum Gasteiger partial charge on any atom is -0.393 e. The van der Waals surface area contributed by atoms with E-state index in [0.29, 0.717) is 24.4 Å². The van der Waals surface area contributed by atoms with Gasteiger partial charge in [-0.2, -0.15) is 0 Å². The summed E-state index contributed by atoms with van der Waals surface area (Å²) in [6.45, 7) is 4.36. The number of aliphatic hydroxyl groups excluding tert-OH is 1. The lowest BCUT2D eigenvalue weighted by atomic mass is 9.43. The summed E-state index contributed by atoms with van der Waals surface area (Å²) >= 11 is 0. The molecule has 26 heavy (non-hydrogen) atoms. The highest BCUT2D eigenvalue weighted by Crippen LogP contribution is 2.67. The molecule has 4 nitrogen and oxygen atoms in total. The zero-order chi connectivity index (χ0) is 18.9. The van der Waals surface area contributed by atoms with Crippen molar-refractivity contribution in [3.05, 3.63) is 0 Å². The van der Waals surface area contributed by atoms with Crippen LogP contribution in [0.5, 0.6) is 0 Å². The molecule has 0 aromatic carbocycles. The highest BCUT2D eigenvalue weighted by atomic mass is 16.5. The smallest absolute Gasteiger partial charge is 0.189 e. The third-order valence-electron chi connectivity index (χ3n) is 9.20. The van der Waals surface area contributed by atoms with Gasteiger partial charge in [-0.1, -0.05) is 19.8 Å². The predicted molar refractivity (Wildman–Crippen MR) is 98.1 cm³/mol. The maximum Gasteiger partial charge on any atom is 0.189 e. The van der Waals surface area contributed by atoms with Gasteiger partial charge in [0.1, 0.15) is 0 Å². The number of carbonyl (C=O) groups excluding carboxylic acids is 1. The van der Waals surface area contributed by atoms with Crippen LogP contribution < -0.4 is 0 Å². The van der Waals surface area contributed by atoms with Gasteiger partial charge in [0, 0.05) is 18.9 Å². The maximum atomic E-state index is 12.6. The molecule has 0 bridgehead atoms. The molecular formula is C22H32O4. The number of ether oxygens (including phenoxy) is 1. The van der Waals surface area contributed by atoms with Crippen molar-refractivity contribution in [2.75, 3.05) is 7.11 Å².